The van der Waals surface area contributed by atoms with E-state index in [9.17, 15) is 14.9 Å². The first kappa shape index (κ1) is 17.4. The first-order valence-electron chi connectivity index (χ1n) is 8.05. The van der Waals surface area contributed by atoms with E-state index in [-0.39, 0.29) is 11.2 Å². The number of thioether (sulfide) groups is 1. The van der Waals surface area contributed by atoms with Crippen LogP contribution in [-0.4, -0.2) is 14.5 Å². The Labute approximate surface area is 162 Å². The molecule has 0 fully saturated rings. The zero-order valence-corrected chi connectivity index (χ0v) is 15.6. The molecule has 0 aliphatic heterocycles. The molecule has 0 spiro atoms. The Morgan fingerprint density at radius 1 is 1.07 bits per heavy atom. The van der Waals surface area contributed by atoms with Crippen LogP contribution in [0.5, 0.6) is 0 Å². The highest BCUT2D eigenvalue weighted by atomic mass is 32.2. The molecule has 0 aliphatic rings. The van der Waals surface area contributed by atoms with Gasteiger partial charge in [-0.3, -0.25) is 19.5 Å². The number of nitrogens with zero attached hydrogens (tertiary/aromatic N) is 3. The SMILES string of the molecule is O=c1c2ccsc2nc(SCc2ccc([N+](=O)[O-])cc2)n1-c1ccccc1. The maximum atomic E-state index is 13.0. The lowest BCUT2D eigenvalue weighted by Gasteiger charge is -2.12. The van der Waals surface area contributed by atoms with Crippen LogP contribution < -0.4 is 5.56 Å². The van der Waals surface area contributed by atoms with Gasteiger partial charge in [-0.15, -0.1) is 11.3 Å². The molecule has 2 aromatic carbocycles. The summed E-state index contributed by atoms with van der Waals surface area (Å²) in [5.74, 6) is 0.550. The highest BCUT2D eigenvalue weighted by molar-refractivity contribution is 7.98. The minimum Gasteiger partial charge on any atom is -0.268 e. The lowest BCUT2D eigenvalue weighted by Crippen LogP contribution is -2.21. The van der Waals surface area contributed by atoms with Crippen molar-refractivity contribution in [2.45, 2.75) is 10.9 Å². The summed E-state index contributed by atoms with van der Waals surface area (Å²) in [6.45, 7) is 0. The first-order valence-corrected chi connectivity index (χ1v) is 9.92. The highest BCUT2D eigenvalue weighted by Crippen LogP contribution is 2.26. The average molecular weight is 395 g/mol. The second-order valence-corrected chi connectivity index (χ2v) is 7.56. The summed E-state index contributed by atoms with van der Waals surface area (Å²) in [5, 5.41) is 13.8. The van der Waals surface area contributed by atoms with E-state index in [1.165, 1.54) is 35.2 Å². The van der Waals surface area contributed by atoms with E-state index in [0.717, 1.165) is 11.3 Å². The number of hydrogen-bond donors (Lipinski definition) is 0. The quantitative estimate of drug-likeness (QED) is 0.213. The lowest BCUT2D eigenvalue weighted by molar-refractivity contribution is -0.384. The largest absolute Gasteiger partial charge is 0.269 e. The van der Waals surface area contributed by atoms with Crippen molar-refractivity contribution in [3.05, 3.63) is 92.1 Å². The predicted octanol–water partition coefficient (Wildman–Crippen LogP) is 4.65. The Morgan fingerprint density at radius 3 is 2.52 bits per heavy atom. The molecule has 6 nitrogen and oxygen atoms in total. The zero-order valence-electron chi connectivity index (χ0n) is 13.9. The van der Waals surface area contributed by atoms with Crippen molar-refractivity contribution in [2.24, 2.45) is 0 Å². The smallest absolute Gasteiger partial charge is 0.268 e. The van der Waals surface area contributed by atoms with E-state index < -0.39 is 4.92 Å². The Kier molecular flexibility index (Phi) is 4.74. The van der Waals surface area contributed by atoms with E-state index in [1.54, 1.807) is 22.8 Å². The molecule has 4 rings (SSSR count). The van der Waals surface area contributed by atoms with Crippen molar-refractivity contribution in [1.82, 2.24) is 9.55 Å². The zero-order chi connectivity index (χ0) is 18.8. The normalized spacial score (nSPS) is 11.0. The highest BCUT2D eigenvalue weighted by Gasteiger charge is 2.14. The number of fused-ring (bicyclic) bond motifs is 1. The fourth-order valence-electron chi connectivity index (χ4n) is 2.66. The van der Waals surface area contributed by atoms with Crippen molar-refractivity contribution >= 4 is 39.0 Å². The monoisotopic (exact) mass is 395 g/mol. The van der Waals surface area contributed by atoms with Crippen LogP contribution in [0, 0.1) is 10.1 Å². The van der Waals surface area contributed by atoms with E-state index in [4.69, 9.17) is 0 Å². The number of non-ortho nitro benzene ring substituents is 1. The summed E-state index contributed by atoms with van der Waals surface area (Å²) in [6, 6.07) is 17.6. The molecule has 0 N–H and O–H groups in total. The first-order chi connectivity index (χ1) is 13.1. The number of nitro groups is 1. The summed E-state index contributed by atoms with van der Waals surface area (Å²) in [4.78, 5) is 28.7. The molecular formula is C19H13N3O3S2. The van der Waals surface area contributed by atoms with E-state index in [2.05, 4.69) is 4.98 Å². The third-order valence-corrected chi connectivity index (χ3v) is 5.81. The summed E-state index contributed by atoms with van der Waals surface area (Å²) in [5.41, 5.74) is 1.64. The van der Waals surface area contributed by atoms with Gasteiger partial charge >= 0.3 is 0 Å². The number of benzene rings is 2. The van der Waals surface area contributed by atoms with Crippen LogP contribution in [0.3, 0.4) is 0 Å². The molecule has 4 aromatic rings. The Balaban J connectivity index is 1.72. The molecule has 0 aliphatic carbocycles. The Bertz CT molecular complexity index is 1170. The van der Waals surface area contributed by atoms with Crippen molar-refractivity contribution in [3.63, 3.8) is 0 Å². The number of nitro benzene ring substituents is 1. The van der Waals surface area contributed by atoms with Gasteiger partial charge in [0, 0.05) is 17.9 Å². The standard InChI is InChI=1S/C19H13N3O3S2/c23-18-16-10-11-26-17(16)20-19(21(18)14-4-2-1-3-5-14)27-12-13-6-8-15(9-7-13)22(24)25/h1-11H,12H2. The Morgan fingerprint density at radius 2 is 1.81 bits per heavy atom. The minimum atomic E-state index is -0.420. The molecule has 27 heavy (non-hydrogen) atoms. The van der Waals surface area contributed by atoms with Crippen LogP contribution in [0.1, 0.15) is 5.56 Å². The van der Waals surface area contributed by atoms with Gasteiger partial charge in [0.15, 0.2) is 5.16 Å². The van der Waals surface area contributed by atoms with Gasteiger partial charge in [0.05, 0.1) is 16.0 Å². The van der Waals surface area contributed by atoms with Crippen molar-refractivity contribution in [2.75, 3.05) is 0 Å². The molecular weight excluding hydrogens is 382 g/mol. The lowest BCUT2D eigenvalue weighted by atomic mass is 10.2. The van der Waals surface area contributed by atoms with E-state index in [0.29, 0.717) is 21.1 Å². The summed E-state index contributed by atoms with van der Waals surface area (Å²) < 4.78 is 1.62. The second-order valence-electron chi connectivity index (χ2n) is 5.72. The van der Waals surface area contributed by atoms with Gasteiger partial charge < -0.3 is 0 Å². The number of rotatable bonds is 5. The van der Waals surface area contributed by atoms with Crippen LogP contribution in [0.2, 0.25) is 0 Å². The van der Waals surface area contributed by atoms with Crippen LogP contribution >= 0.6 is 23.1 Å². The van der Waals surface area contributed by atoms with Gasteiger partial charge in [0.25, 0.3) is 11.2 Å². The Hall–Kier alpha value is -2.97. The minimum absolute atomic E-state index is 0.0584. The topological polar surface area (TPSA) is 78.0 Å². The molecule has 0 saturated heterocycles. The van der Waals surface area contributed by atoms with Gasteiger partial charge in [-0.05, 0) is 29.1 Å². The van der Waals surface area contributed by atoms with Gasteiger partial charge in [-0.2, -0.15) is 0 Å². The fraction of sp³-hybridized carbons (Fsp3) is 0.0526. The molecule has 8 heteroatoms. The summed E-state index contributed by atoms with van der Waals surface area (Å²) in [6.07, 6.45) is 0. The number of hydrogen-bond acceptors (Lipinski definition) is 6. The van der Waals surface area contributed by atoms with Crippen molar-refractivity contribution in [3.8, 4) is 5.69 Å². The van der Waals surface area contributed by atoms with Crippen LogP contribution in [0.4, 0.5) is 5.69 Å². The summed E-state index contributed by atoms with van der Waals surface area (Å²) in [7, 11) is 0. The fourth-order valence-corrected chi connectivity index (χ4v) is 4.43. The molecule has 0 bridgehead atoms. The molecule has 2 heterocycles. The molecule has 0 atom stereocenters. The third kappa shape index (κ3) is 3.49. The number of thiophene rings is 1. The molecule has 2 aromatic heterocycles. The average Bonchev–Trinajstić information content (AvgIpc) is 3.16. The van der Waals surface area contributed by atoms with E-state index in [1.807, 2.05) is 35.7 Å². The molecule has 0 amide bonds. The maximum Gasteiger partial charge on any atom is 0.269 e. The maximum absolute atomic E-state index is 13.0. The molecule has 0 unspecified atom stereocenters. The summed E-state index contributed by atoms with van der Waals surface area (Å²) >= 11 is 2.86. The van der Waals surface area contributed by atoms with Crippen LogP contribution in [0.15, 0.2) is 76.0 Å². The van der Waals surface area contributed by atoms with Crippen molar-refractivity contribution < 1.29 is 4.92 Å². The predicted molar refractivity (Wildman–Crippen MR) is 108 cm³/mol. The van der Waals surface area contributed by atoms with Gasteiger partial charge in [0.2, 0.25) is 0 Å². The molecule has 134 valence electrons. The van der Waals surface area contributed by atoms with Crippen LogP contribution in [-0.2, 0) is 5.75 Å². The van der Waals surface area contributed by atoms with Gasteiger partial charge in [-0.1, -0.05) is 42.1 Å². The number of para-hydroxylation sites is 1. The second kappa shape index (κ2) is 7.34. The third-order valence-electron chi connectivity index (χ3n) is 4.00. The molecule has 0 radical (unpaired) electrons. The van der Waals surface area contributed by atoms with E-state index >= 15 is 0 Å². The number of aromatic nitrogens is 2. The van der Waals surface area contributed by atoms with Crippen LogP contribution in [0.25, 0.3) is 15.9 Å². The van der Waals surface area contributed by atoms with Crippen molar-refractivity contribution in [1.29, 1.82) is 0 Å². The molecule has 0 saturated carbocycles. The van der Waals surface area contributed by atoms with Gasteiger partial charge in [-0.25, -0.2) is 4.98 Å². The van der Waals surface area contributed by atoms with Gasteiger partial charge in [0.1, 0.15) is 4.83 Å².